The van der Waals surface area contributed by atoms with E-state index in [0.717, 1.165) is 0 Å². The number of hydrogen-bond acceptors (Lipinski definition) is 3. The quantitative estimate of drug-likeness (QED) is 0.473. The summed E-state index contributed by atoms with van der Waals surface area (Å²) in [5.41, 5.74) is 0.543. The molecule has 0 aliphatic rings. The minimum Gasteiger partial charge on any atom is -1.00 e. The molecule has 1 aromatic rings. The molecule has 0 aliphatic heterocycles. The molecule has 0 spiro atoms. The molecule has 80 valence electrons. The van der Waals surface area contributed by atoms with Crippen molar-refractivity contribution in [3.8, 4) is 11.5 Å². The van der Waals surface area contributed by atoms with E-state index in [1.54, 1.807) is 17.7 Å². The molecular formula is C9H14ClNO3. The summed E-state index contributed by atoms with van der Waals surface area (Å²) < 4.78 is 1.70. The summed E-state index contributed by atoms with van der Waals surface area (Å²) in [6.45, 7) is 3.50. The molecule has 0 aromatic carbocycles. The number of aromatic hydroxyl groups is 2. The number of hydrogen-bond donors (Lipinski definition) is 3. The Morgan fingerprint density at radius 1 is 1.43 bits per heavy atom. The number of aliphatic hydroxyl groups excluding tert-OH is 1. The Morgan fingerprint density at radius 2 is 2.00 bits per heavy atom. The van der Waals surface area contributed by atoms with E-state index < -0.39 is 0 Å². The minimum absolute atomic E-state index is 0. The van der Waals surface area contributed by atoms with E-state index in [2.05, 4.69) is 0 Å². The van der Waals surface area contributed by atoms with Crippen molar-refractivity contribution in [2.24, 2.45) is 0 Å². The van der Waals surface area contributed by atoms with E-state index in [9.17, 15) is 5.11 Å². The fourth-order valence-electron chi connectivity index (χ4n) is 1.21. The Morgan fingerprint density at radius 3 is 2.50 bits per heavy atom. The predicted octanol–water partition coefficient (Wildman–Crippen LogP) is -2.75. The predicted molar refractivity (Wildman–Crippen MR) is 46.5 cm³/mol. The van der Waals surface area contributed by atoms with Crippen LogP contribution < -0.4 is 17.0 Å². The van der Waals surface area contributed by atoms with Crippen LogP contribution in [0.25, 0.3) is 0 Å². The van der Waals surface area contributed by atoms with Crippen LogP contribution in [0.5, 0.6) is 11.5 Å². The summed E-state index contributed by atoms with van der Waals surface area (Å²) in [5.74, 6) is -0.276. The van der Waals surface area contributed by atoms with Gasteiger partial charge in [-0.15, -0.1) is 0 Å². The normalized spacial score (nSPS) is 11.9. The molecule has 0 bridgehead atoms. The SMILES string of the molecule is Cc1c(O)c(O)cc[n+]1[C@H](C)CO.[Cl-]. The minimum atomic E-state index is -0.140. The van der Waals surface area contributed by atoms with Crippen molar-refractivity contribution in [2.75, 3.05) is 6.61 Å². The molecule has 0 radical (unpaired) electrons. The number of pyridine rings is 1. The molecular weight excluding hydrogens is 206 g/mol. The summed E-state index contributed by atoms with van der Waals surface area (Å²) in [6, 6.07) is 1.29. The summed E-state index contributed by atoms with van der Waals surface area (Å²) in [5, 5.41) is 27.4. The van der Waals surface area contributed by atoms with Crippen molar-refractivity contribution in [1.82, 2.24) is 0 Å². The molecule has 1 atom stereocenters. The van der Waals surface area contributed by atoms with Gasteiger partial charge in [0.15, 0.2) is 18.0 Å². The molecule has 14 heavy (non-hydrogen) atoms. The first-order chi connectivity index (χ1) is 6.07. The topological polar surface area (TPSA) is 64.6 Å². The van der Waals surface area contributed by atoms with Crippen LogP contribution in [0.4, 0.5) is 0 Å². The average Bonchev–Trinajstić information content (AvgIpc) is 2.13. The highest BCUT2D eigenvalue weighted by Crippen LogP contribution is 2.25. The van der Waals surface area contributed by atoms with Gasteiger partial charge >= 0.3 is 0 Å². The zero-order valence-corrected chi connectivity index (χ0v) is 8.86. The molecule has 0 saturated carbocycles. The molecule has 4 nitrogen and oxygen atoms in total. The summed E-state index contributed by atoms with van der Waals surface area (Å²) in [7, 11) is 0. The fourth-order valence-corrected chi connectivity index (χ4v) is 1.21. The highest BCUT2D eigenvalue weighted by atomic mass is 35.5. The van der Waals surface area contributed by atoms with Crippen LogP contribution in [0.15, 0.2) is 12.3 Å². The lowest BCUT2D eigenvalue weighted by atomic mass is 10.2. The van der Waals surface area contributed by atoms with Crippen LogP contribution in [0, 0.1) is 6.92 Å². The van der Waals surface area contributed by atoms with Crippen molar-refractivity contribution in [2.45, 2.75) is 19.9 Å². The van der Waals surface area contributed by atoms with Gasteiger partial charge in [0.25, 0.3) is 0 Å². The highest BCUT2D eigenvalue weighted by molar-refractivity contribution is 5.36. The molecule has 1 aromatic heterocycles. The molecule has 5 heteroatoms. The van der Waals surface area contributed by atoms with Crippen molar-refractivity contribution >= 4 is 0 Å². The molecule has 0 saturated heterocycles. The van der Waals surface area contributed by atoms with Crippen molar-refractivity contribution < 1.29 is 32.3 Å². The monoisotopic (exact) mass is 219 g/mol. The second kappa shape index (κ2) is 5.02. The van der Waals surface area contributed by atoms with Crippen LogP contribution in [0.3, 0.4) is 0 Å². The first-order valence-electron chi connectivity index (χ1n) is 4.11. The zero-order valence-electron chi connectivity index (χ0n) is 8.11. The van der Waals surface area contributed by atoms with Crippen LogP contribution in [0.1, 0.15) is 18.7 Å². The van der Waals surface area contributed by atoms with E-state index in [0.29, 0.717) is 5.69 Å². The van der Waals surface area contributed by atoms with Crippen LogP contribution >= 0.6 is 0 Å². The van der Waals surface area contributed by atoms with E-state index >= 15 is 0 Å². The third-order valence-corrected chi connectivity index (χ3v) is 2.10. The van der Waals surface area contributed by atoms with Gasteiger partial charge in [-0.3, -0.25) is 0 Å². The molecule has 1 rings (SSSR count). The van der Waals surface area contributed by atoms with Crippen LogP contribution in [-0.2, 0) is 0 Å². The van der Waals surface area contributed by atoms with E-state index in [1.165, 1.54) is 6.07 Å². The van der Waals surface area contributed by atoms with E-state index in [1.807, 2.05) is 6.92 Å². The Hall–Kier alpha value is -1.00. The van der Waals surface area contributed by atoms with Gasteiger partial charge in [-0.25, -0.2) is 0 Å². The molecule has 0 unspecified atom stereocenters. The van der Waals surface area contributed by atoms with Gasteiger partial charge in [0.05, 0.1) is 0 Å². The maximum Gasteiger partial charge on any atom is 0.226 e. The molecule has 0 amide bonds. The number of halogens is 1. The largest absolute Gasteiger partial charge is 1.00 e. The lowest BCUT2D eigenvalue weighted by Gasteiger charge is -2.07. The first-order valence-corrected chi connectivity index (χ1v) is 4.11. The van der Waals surface area contributed by atoms with Gasteiger partial charge in [0.1, 0.15) is 6.61 Å². The highest BCUT2D eigenvalue weighted by Gasteiger charge is 2.19. The number of aromatic nitrogens is 1. The Kier molecular flexibility index (Phi) is 4.67. The van der Waals surface area contributed by atoms with Crippen molar-refractivity contribution in [3.05, 3.63) is 18.0 Å². The lowest BCUT2D eigenvalue weighted by molar-refractivity contribution is -0.727. The third kappa shape index (κ3) is 2.27. The molecule has 0 aliphatic carbocycles. The summed E-state index contributed by atoms with van der Waals surface area (Å²) in [4.78, 5) is 0. The van der Waals surface area contributed by atoms with E-state index in [4.69, 9.17) is 10.2 Å². The Labute approximate surface area is 88.9 Å². The molecule has 0 fully saturated rings. The fraction of sp³-hybridized carbons (Fsp3) is 0.444. The lowest BCUT2D eigenvalue weighted by Crippen LogP contribution is -3.00. The standard InChI is InChI=1S/C9H13NO3.ClH/c1-6(5-11)10-4-3-8(12)9(13)7(10)2;/h3-4,6,11,13H,5H2,1-2H3;1H/t6-;/m1./s1. The maximum absolute atomic E-state index is 9.38. The third-order valence-electron chi connectivity index (χ3n) is 2.10. The smallest absolute Gasteiger partial charge is 0.226 e. The maximum atomic E-state index is 9.38. The van der Waals surface area contributed by atoms with Crippen LogP contribution in [0.2, 0.25) is 0 Å². The summed E-state index contributed by atoms with van der Waals surface area (Å²) in [6.07, 6.45) is 1.63. The number of nitrogens with zero attached hydrogens (tertiary/aromatic N) is 1. The second-order valence-electron chi connectivity index (χ2n) is 3.07. The second-order valence-corrected chi connectivity index (χ2v) is 3.07. The van der Waals surface area contributed by atoms with Gasteiger partial charge in [-0.05, 0) is 0 Å². The van der Waals surface area contributed by atoms with Gasteiger partial charge < -0.3 is 27.7 Å². The van der Waals surface area contributed by atoms with Crippen molar-refractivity contribution in [1.29, 1.82) is 0 Å². The van der Waals surface area contributed by atoms with E-state index in [-0.39, 0.29) is 36.6 Å². The molecule has 1 heterocycles. The van der Waals surface area contributed by atoms with Crippen LogP contribution in [-0.4, -0.2) is 21.9 Å². The number of rotatable bonds is 2. The average molecular weight is 220 g/mol. The van der Waals surface area contributed by atoms with Crippen molar-refractivity contribution in [3.63, 3.8) is 0 Å². The van der Waals surface area contributed by atoms with Gasteiger partial charge in [0.2, 0.25) is 11.4 Å². The Bertz CT molecular complexity index is 317. The first kappa shape index (κ1) is 13.0. The molecule has 3 N–H and O–H groups in total. The van der Waals surface area contributed by atoms with Gasteiger partial charge in [-0.2, -0.15) is 4.57 Å². The van der Waals surface area contributed by atoms with Gasteiger partial charge in [0, 0.05) is 19.9 Å². The summed E-state index contributed by atoms with van der Waals surface area (Å²) >= 11 is 0. The zero-order chi connectivity index (χ0) is 10.0. The Balaban J connectivity index is 0.00000169. The number of aliphatic hydroxyl groups is 1. The van der Waals surface area contributed by atoms with Gasteiger partial charge in [-0.1, -0.05) is 0 Å².